The molecule has 0 saturated heterocycles. The maximum Gasteiger partial charge on any atom is 0.258 e. The molecular formula is C22H24N2O2. The van der Waals surface area contributed by atoms with E-state index >= 15 is 0 Å². The SMILES string of the molecule is CC(=O)N(C1CC1)C1CC(C)N(C(=O)c2ccccc2)c2ccccc21. The van der Waals surface area contributed by atoms with Crippen LogP contribution in [0.5, 0.6) is 0 Å². The van der Waals surface area contributed by atoms with Crippen LogP contribution in [-0.2, 0) is 4.79 Å². The van der Waals surface area contributed by atoms with E-state index in [4.69, 9.17) is 0 Å². The van der Waals surface area contributed by atoms with Crippen molar-refractivity contribution in [3.05, 3.63) is 65.7 Å². The second-order valence-electron chi connectivity index (χ2n) is 7.36. The molecule has 2 amide bonds. The Morgan fingerprint density at radius 1 is 1.00 bits per heavy atom. The first kappa shape index (κ1) is 16.8. The lowest BCUT2D eigenvalue weighted by atomic mass is 9.89. The van der Waals surface area contributed by atoms with Gasteiger partial charge in [-0.15, -0.1) is 0 Å². The fraction of sp³-hybridized carbons (Fsp3) is 0.364. The van der Waals surface area contributed by atoms with Crippen molar-refractivity contribution < 1.29 is 9.59 Å². The summed E-state index contributed by atoms with van der Waals surface area (Å²) in [5.41, 5.74) is 2.70. The van der Waals surface area contributed by atoms with Crippen LogP contribution in [0.2, 0.25) is 0 Å². The molecule has 4 rings (SSSR count). The van der Waals surface area contributed by atoms with Gasteiger partial charge < -0.3 is 9.80 Å². The molecule has 4 nitrogen and oxygen atoms in total. The maximum atomic E-state index is 13.2. The van der Waals surface area contributed by atoms with Gasteiger partial charge in [0.1, 0.15) is 0 Å². The van der Waals surface area contributed by atoms with Crippen LogP contribution in [0.3, 0.4) is 0 Å². The van der Waals surface area contributed by atoms with Crippen molar-refractivity contribution in [2.75, 3.05) is 4.90 Å². The van der Waals surface area contributed by atoms with Crippen molar-refractivity contribution in [1.82, 2.24) is 4.90 Å². The lowest BCUT2D eigenvalue weighted by Gasteiger charge is -2.43. The van der Waals surface area contributed by atoms with Crippen molar-refractivity contribution in [1.29, 1.82) is 0 Å². The van der Waals surface area contributed by atoms with E-state index in [-0.39, 0.29) is 23.9 Å². The lowest BCUT2D eigenvalue weighted by Crippen LogP contribution is -2.47. The number of rotatable bonds is 3. The third-order valence-electron chi connectivity index (χ3n) is 5.44. The summed E-state index contributed by atoms with van der Waals surface area (Å²) in [6.07, 6.45) is 2.93. The van der Waals surface area contributed by atoms with E-state index in [0.29, 0.717) is 11.6 Å². The second-order valence-corrected chi connectivity index (χ2v) is 7.36. The molecule has 2 atom stereocenters. The number of hydrogen-bond acceptors (Lipinski definition) is 2. The van der Waals surface area contributed by atoms with Crippen molar-refractivity contribution in [2.24, 2.45) is 0 Å². The van der Waals surface area contributed by atoms with Gasteiger partial charge in [-0.2, -0.15) is 0 Å². The van der Waals surface area contributed by atoms with Crippen LogP contribution in [0, 0.1) is 0 Å². The minimum absolute atomic E-state index is 0.0183. The normalized spacial score (nSPS) is 21.8. The lowest BCUT2D eigenvalue weighted by molar-refractivity contribution is -0.132. The van der Waals surface area contributed by atoms with Crippen LogP contribution in [-0.4, -0.2) is 28.8 Å². The molecule has 26 heavy (non-hydrogen) atoms. The Hall–Kier alpha value is -2.62. The Kier molecular flexibility index (Phi) is 4.27. The maximum absolute atomic E-state index is 13.2. The number of anilines is 1. The van der Waals surface area contributed by atoms with Crippen LogP contribution in [0.25, 0.3) is 0 Å². The van der Waals surface area contributed by atoms with Crippen LogP contribution in [0.1, 0.15) is 55.1 Å². The summed E-state index contributed by atoms with van der Waals surface area (Å²) in [5, 5.41) is 0. The molecule has 2 unspecified atom stereocenters. The molecule has 0 radical (unpaired) electrons. The third kappa shape index (κ3) is 2.90. The molecule has 1 aliphatic heterocycles. The Morgan fingerprint density at radius 3 is 2.31 bits per heavy atom. The molecule has 2 aromatic carbocycles. The van der Waals surface area contributed by atoms with Gasteiger partial charge in [-0.25, -0.2) is 0 Å². The molecule has 0 N–H and O–H groups in total. The van der Waals surface area contributed by atoms with Crippen molar-refractivity contribution in [2.45, 2.75) is 51.2 Å². The molecule has 2 aromatic rings. The van der Waals surface area contributed by atoms with Gasteiger partial charge in [0.25, 0.3) is 5.91 Å². The molecule has 4 heteroatoms. The van der Waals surface area contributed by atoms with Gasteiger partial charge in [-0.1, -0.05) is 36.4 Å². The van der Waals surface area contributed by atoms with Crippen molar-refractivity contribution in [3.63, 3.8) is 0 Å². The van der Waals surface area contributed by atoms with Gasteiger partial charge >= 0.3 is 0 Å². The Labute approximate surface area is 154 Å². The molecule has 134 valence electrons. The van der Waals surface area contributed by atoms with Crippen LogP contribution >= 0.6 is 0 Å². The van der Waals surface area contributed by atoms with Crippen LogP contribution in [0.4, 0.5) is 5.69 Å². The number of fused-ring (bicyclic) bond motifs is 1. The summed E-state index contributed by atoms with van der Waals surface area (Å²) in [5.74, 6) is 0.145. The molecule has 1 fully saturated rings. The van der Waals surface area contributed by atoms with Crippen molar-refractivity contribution >= 4 is 17.5 Å². The highest BCUT2D eigenvalue weighted by molar-refractivity contribution is 6.07. The smallest absolute Gasteiger partial charge is 0.258 e. The standard InChI is InChI=1S/C22H24N2O2/c1-15-14-21(24(16(2)25)18-12-13-18)19-10-6-7-11-20(19)23(15)22(26)17-8-4-3-5-9-17/h3-11,15,18,21H,12-14H2,1-2H3. The highest BCUT2D eigenvalue weighted by atomic mass is 16.2. The van der Waals surface area contributed by atoms with Crippen LogP contribution in [0.15, 0.2) is 54.6 Å². The van der Waals surface area contributed by atoms with E-state index in [1.165, 1.54) is 0 Å². The summed E-state index contributed by atoms with van der Waals surface area (Å²) in [6, 6.07) is 17.9. The topological polar surface area (TPSA) is 40.6 Å². The summed E-state index contributed by atoms with van der Waals surface area (Å²) >= 11 is 0. The Bertz CT molecular complexity index is 829. The first-order valence-corrected chi connectivity index (χ1v) is 9.34. The largest absolute Gasteiger partial charge is 0.333 e. The Morgan fingerprint density at radius 2 is 1.65 bits per heavy atom. The van der Waals surface area contributed by atoms with Gasteiger partial charge in [0.2, 0.25) is 5.91 Å². The fourth-order valence-electron chi connectivity index (χ4n) is 4.16. The number of carbonyl (C=O) groups excluding carboxylic acids is 2. The molecule has 1 heterocycles. The third-order valence-corrected chi connectivity index (χ3v) is 5.44. The second kappa shape index (κ2) is 6.60. The first-order valence-electron chi connectivity index (χ1n) is 9.34. The zero-order valence-electron chi connectivity index (χ0n) is 15.3. The molecule has 2 aliphatic rings. The van der Waals surface area contributed by atoms with Gasteiger partial charge in [0.05, 0.1) is 6.04 Å². The predicted molar refractivity (Wildman–Crippen MR) is 102 cm³/mol. The van der Waals surface area contributed by atoms with Gasteiger partial charge in [0, 0.05) is 30.3 Å². The number of hydrogen-bond donors (Lipinski definition) is 0. The summed E-state index contributed by atoms with van der Waals surface area (Å²) in [4.78, 5) is 29.4. The molecule has 1 aliphatic carbocycles. The van der Waals surface area contributed by atoms with Gasteiger partial charge in [-0.3, -0.25) is 9.59 Å². The Balaban J connectivity index is 1.75. The van der Waals surface area contributed by atoms with Crippen LogP contribution < -0.4 is 4.90 Å². The number of para-hydroxylation sites is 1. The zero-order chi connectivity index (χ0) is 18.3. The molecule has 0 spiro atoms. The van der Waals surface area contributed by atoms with Gasteiger partial charge in [-0.05, 0) is 49.9 Å². The van der Waals surface area contributed by atoms with E-state index in [1.54, 1.807) is 6.92 Å². The number of nitrogens with zero attached hydrogens (tertiary/aromatic N) is 2. The first-order chi connectivity index (χ1) is 12.6. The number of carbonyl (C=O) groups is 2. The average Bonchev–Trinajstić information content (AvgIpc) is 3.47. The van der Waals surface area contributed by atoms with Gasteiger partial charge in [0.15, 0.2) is 0 Å². The highest BCUT2D eigenvalue weighted by Crippen LogP contribution is 2.44. The van der Waals surface area contributed by atoms with E-state index in [2.05, 4.69) is 13.0 Å². The monoisotopic (exact) mass is 348 g/mol. The highest BCUT2D eigenvalue weighted by Gasteiger charge is 2.42. The molecule has 0 bridgehead atoms. The number of amides is 2. The van der Waals surface area contributed by atoms with E-state index in [9.17, 15) is 9.59 Å². The zero-order valence-corrected chi connectivity index (χ0v) is 15.3. The average molecular weight is 348 g/mol. The molecule has 0 aromatic heterocycles. The summed E-state index contributed by atoms with van der Waals surface area (Å²) in [7, 11) is 0. The molecule has 1 saturated carbocycles. The molecular weight excluding hydrogens is 324 g/mol. The predicted octanol–water partition coefficient (Wildman–Crippen LogP) is 4.18. The van der Waals surface area contributed by atoms with E-state index in [1.807, 2.05) is 58.3 Å². The van der Waals surface area contributed by atoms with E-state index < -0.39 is 0 Å². The minimum atomic E-state index is 0.0183. The fourth-order valence-corrected chi connectivity index (χ4v) is 4.16. The van der Waals surface area contributed by atoms with Crippen molar-refractivity contribution in [3.8, 4) is 0 Å². The minimum Gasteiger partial charge on any atom is -0.333 e. The summed E-state index contributed by atoms with van der Waals surface area (Å²) < 4.78 is 0. The summed E-state index contributed by atoms with van der Waals surface area (Å²) in [6.45, 7) is 3.74. The quantitative estimate of drug-likeness (QED) is 0.835. The van der Waals surface area contributed by atoms with E-state index in [0.717, 1.165) is 30.5 Å². The number of benzene rings is 2.